The largest absolute Gasteiger partial charge is 0.485 e. The zero-order valence-corrected chi connectivity index (χ0v) is 9.41. The molecule has 0 aromatic heterocycles. The summed E-state index contributed by atoms with van der Waals surface area (Å²) in [6.07, 6.45) is 0. The van der Waals surface area contributed by atoms with Gasteiger partial charge in [0.05, 0.1) is 29.6 Å². The molecule has 0 bridgehead atoms. The van der Waals surface area contributed by atoms with Gasteiger partial charge >= 0.3 is 17.3 Å². The van der Waals surface area contributed by atoms with Gasteiger partial charge in [-0.2, -0.15) is 0 Å². The summed E-state index contributed by atoms with van der Waals surface area (Å²) >= 11 is 0. The van der Waals surface area contributed by atoms with Gasteiger partial charge in [-0.15, -0.1) is 0 Å². The van der Waals surface area contributed by atoms with Gasteiger partial charge < -0.3 is 9.47 Å². The van der Waals surface area contributed by atoms with E-state index in [1.54, 1.807) is 0 Å². The Morgan fingerprint density at radius 2 is 1.56 bits per heavy atom. The number of ether oxygens (including phenoxy) is 2. The monoisotopic (exact) mass is 256 g/mol. The molecule has 18 heavy (non-hydrogen) atoms. The minimum atomic E-state index is -0.913. The number of methoxy groups -OCH3 is 2. The van der Waals surface area contributed by atoms with Crippen LogP contribution in [0, 0.1) is 20.2 Å². The van der Waals surface area contributed by atoms with E-state index in [9.17, 15) is 25.0 Å². The Morgan fingerprint density at radius 1 is 1.11 bits per heavy atom. The third-order valence-corrected chi connectivity index (χ3v) is 2.07. The number of carbonyl (C=O) groups is 1. The Hall–Kier alpha value is -2.71. The number of benzene rings is 1. The molecule has 0 radical (unpaired) electrons. The van der Waals surface area contributed by atoms with Crippen molar-refractivity contribution in [2.45, 2.75) is 0 Å². The lowest BCUT2D eigenvalue weighted by molar-refractivity contribution is -0.395. The molecule has 0 spiro atoms. The van der Waals surface area contributed by atoms with Crippen molar-refractivity contribution in [2.24, 2.45) is 0 Å². The maximum absolute atomic E-state index is 11.3. The molecule has 0 unspecified atom stereocenters. The molecule has 0 saturated carbocycles. The van der Waals surface area contributed by atoms with E-state index in [0.717, 1.165) is 26.4 Å². The molecular weight excluding hydrogens is 248 g/mol. The van der Waals surface area contributed by atoms with Crippen molar-refractivity contribution in [1.82, 2.24) is 0 Å². The number of hydrogen-bond acceptors (Lipinski definition) is 7. The molecule has 1 rings (SSSR count). The summed E-state index contributed by atoms with van der Waals surface area (Å²) in [4.78, 5) is 31.0. The average molecular weight is 256 g/mol. The zero-order valence-electron chi connectivity index (χ0n) is 9.41. The zero-order chi connectivity index (χ0) is 13.9. The van der Waals surface area contributed by atoms with E-state index < -0.39 is 32.9 Å². The molecule has 1 aromatic rings. The maximum Gasteiger partial charge on any atom is 0.338 e. The highest BCUT2D eigenvalue weighted by Crippen LogP contribution is 2.37. The third kappa shape index (κ3) is 2.34. The van der Waals surface area contributed by atoms with Crippen LogP contribution in [0.5, 0.6) is 5.75 Å². The van der Waals surface area contributed by atoms with Gasteiger partial charge in [0.1, 0.15) is 0 Å². The third-order valence-electron chi connectivity index (χ3n) is 2.07. The summed E-state index contributed by atoms with van der Waals surface area (Å²) in [5.74, 6) is -1.43. The lowest BCUT2D eigenvalue weighted by Gasteiger charge is -2.05. The Kier molecular flexibility index (Phi) is 3.77. The second kappa shape index (κ2) is 5.08. The van der Waals surface area contributed by atoms with E-state index in [2.05, 4.69) is 9.47 Å². The maximum atomic E-state index is 11.3. The quantitative estimate of drug-likeness (QED) is 0.451. The lowest BCUT2D eigenvalue weighted by atomic mass is 10.1. The molecule has 9 nitrogen and oxygen atoms in total. The van der Waals surface area contributed by atoms with E-state index in [0.29, 0.717) is 0 Å². The number of carbonyl (C=O) groups excluding carboxylic acids is 1. The first-order chi connectivity index (χ1) is 8.42. The van der Waals surface area contributed by atoms with Crippen LogP contribution in [0.2, 0.25) is 0 Å². The van der Waals surface area contributed by atoms with Gasteiger partial charge in [0.15, 0.2) is 0 Å². The van der Waals surface area contributed by atoms with Crippen LogP contribution in [0.25, 0.3) is 0 Å². The Bertz CT molecular complexity index is 491. The molecule has 0 fully saturated rings. The first-order valence-corrected chi connectivity index (χ1v) is 4.51. The minimum Gasteiger partial charge on any atom is -0.485 e. The van der Waals surface area contributed by atoms with E-state index in [4.69, 9.17) is 0 Å². The highest BCUT2D eigenvalue weighted by molar-refractivity contribution is 5.92. The van der Waals surface area contributed by atoms with Gasteiger partial charge in [-0.05, 0) is 0 Å². The van der Waals surface area contributed by atoms with Crippen molar-refractivity contribution in [3.63, 3.8) is 0 Å². The summed E-state index contributed by atoms with van der Waals surface area (Å²) < 4.78 is 8.99. The number of hydrogen-bond donors (Lipinski definition) is 0. The van der Waals surface area contributed by atoms with Gasteiger partial charge in [0.2, 0.25) is 0 Å². The Labute approximate surface area is 100 Å². The molecule has 0 aliphatic heterocycles. The average Bonchev–Trinajstić information content (AvgIpc) is 2.35. The predicted molar refractivity (Wildman–Crippen MR) is 57.6 cm³/mol. The molecule has 0 aliphatic rings. The SMILES string of the molecule is COC(=O)c1cc([N+](=O)[O-])c(OC)c([N+](=O)[O-])c1. The van der Waals surface area contributed by atoms with Crippen LogP contribution in [0.1, 0.15) is 10.4 Å². The molecular formula is C9H8N2O7. The van der Waals surface area contributed by atoms with Gasteiger partial charge in [-0.1, -0.05) is 0 Å². The molecule has 0 amide bonds. The number of esters is 1. The van der Waals surface area contributed by atoms with Crippen molar-refractivity contribution in [3.8, 4) is 5.75 Å². The second-order valence-corrected chi connectivity index (χ2v) is 3.05. The first kappa shape index (κ1) is 13.4. The van der Waals surface area contributed by atoms with Crippen LogP contribution in [-0.4, -0.2) is 30.0 Å². The van der Waals surface area contributed by atoms with Crippen LogP contribution < -0.4 is 4.74 Å². The number of rotatable bonds is 4. The van der Waals surface area contributed by atoms with E-state index >= 15 is 0 Å². The number of nitro groups is 2. The Morgan fingerprint density at radius 3 is 1.83 bits per heavy atom. The van der Waals surface area contributed by atoms with Crippen molar-refractivity contribution in [3.05, 3.63) is 37.9 Å². The highest BCUT2D eigenvalue weighted by Gasteiger charge is 2.29. The number of nitrogens with zero attached hydrogens (tertiary/aromatic N) is 2. The molecule has 96 valence electrons. The van der Waals surface area contributed by atoms with Gasteiger partial charge in [-0.25, -0.2) is 4.79 Å². The summed E-state index contributed by atoms with van der Waals surface area (Å²) in [6, 6.07) is 1.72. The van der Waals surface area contributed by atoms with Crippen LogP contribution in [0.15, 0.2) is 12.1 Å². The first-order valence-electron chi connectivity index (χ1n) is 4.51. The van der Waals surface area contributed by atoms with Crippen LogP contribution in [0.3, 0.4) is 0 Å². The predicted octanol–water partition coefficient (Wildman–Crippen LogP) is 1.30. The minimum absolute atomic E-state index is 0.295. The fraction of sp³-hybridized carbons (Fsp3) is 0.222. The van der Waals surface area contributed by atoms with Gasteiger partial charge in [0.25, 0.3) is 5.75 Å². The standard InChI is InChI=1S/C9H8N2O7/c1-17-8-6(10(13)14)3-5(9(12)18-2)4-7(8)11(15)16/h3-4H,1-2H3. The van der Waals surface area contributed by atoms with E-state index in [1.807, 2.05) is 0 Å². The molecule has 0 aliphatic carbocycles. The molecule has 0 atom stereocenters. The van der Waals surface area contributed by atoms with Crippen molar-refractivity contribution in [1.29, 1.82) is 0 Å². The smallest absolute Gasteiger partial charge is 0.338 e. The van der Waals surface area contributed by atoms with Crippen LogP contribution in [0.4, 0.5) is 11.4 Å². The molecule has 1 aromatic carbocycles. The van der Waals surface area contributed by atoms with Crippen LogP contribution >= 0.6 is 0 Å². The molecule has 9 heteroatoms. The van der Waals surface area contributed by atoms with Crippen LogP contribution in [-0.2, 0) is 4.74 Å². The topological polar surface area (TPSA) is 122 Å². The fourth-order valence-corrected chi connectivity index (χ4v) is 1.31. The van der Waals surface area contributed by atoms with Gasteiger partial charge in [-0.3, -0.25) is 20.2 Å². The molecule has 0 N–H and O–H groups in total. The van der Waals surface area contributed by atoms with Crippen molar-refractivity contribution >= 4 is 17.3 Å². The summed E-state index contributed by atoms with van der Waals surface area (Å²) in [6.45, 7) is 0. The van der Waals surface area contributed by atoms with E-state index in [-0.39, 0.29) is 5.56 Å². The lowest BCUT2D eigenvalue weighted by Crippen LogP contribution is -2.06. The van der Waals surface area contributed by atoms with Crippen molar-refractivity contribution in [2.75, 3.05) is 14.2 Å². The number of nitro benzene ring substituents is 2. The fourth-order valence-electron chi connectivity index (χ4n) is 1.31. The Balaban J connectivity index is 3.58. The summed E-state index contributed by atoms with van der Waals surface area (Å²) in [5.41, 5.74) is -1.64. The molecule has 0 saturated heterocycles. The highest BCUT2D eigenvalue weighted by atomic mass is 16.6. The normalized spacial score (nSPS) is 9.67. The second-order valence-electron chi connectivity index (χ2n) is 3.05. The van der Waals surface area contributed by atoms with Gasteiger partial charge in [0, 0.05) is 12.1 Å². The van der Waals surface area contributed by atoms with Crippen molar-refractivity contribution < 1.29 is 24.1 Å². The molecule has 0 heterocycles. The summed E-state index contributed by atoms with van der Waals surface area (Å²) in [5, 5.41) is 21.5. The summed E-state index contributed by atoms with van der Waals surface area (Å²) in [7, 11) is 2.12. The van der Waals surface area contributed by atoms with E-state index in [1.165, 1.54) is 0 Å².